The second-order valence-electron chi connectivity index (χ2n) is 4.76. The molecule has 4 heteroatoms. The molecule has 1 aliphatic rings. The molecule has 0 aromatic heterocycles. The highest BCUT2D eigenvalue weighted by Crippen LogP contribution is 2.23. The number of ether oxygens (including phenoxy) is 1. The molecule has 16 heavy (non-hydrogen) atoms. The molecule has 0 aromatic rings. The highest BCUT2D eigenvalue weighted by molar-refractivity contribution is 5.77. The van der Waals surface area contributed by atoms with Crippen LogP contribution in [0.15, 0.2) is 0 Å². The molecule has 0 aromatic carbocycles. The fourth-order valence-corrected chi connectivity index (χ4v) is 2.24. The normalized spacial score (nSPS) is 17.0. The van der Waals surface area contributed by atoms with E-state index in [4.69, 9.17) is 4.74 Å². The predicted molar refractivity (Wildman–Crippen MR) is 64.4 cm³/mol. The van der Waals surface area contributed by atoms with E-state index in [1.54, 1.807) is 7.11 Å². The van der Waals surface area contributed by atoms with Crippen molar-refractivity contribution >= 4 is 5.91 Å². The summed E-state index contributed by atoms with van der Waals surface area (Å²) in [4.78, 5) is 16.0. The second-order valence-corrected chi connectivity index (χ2v) is 4.76. The summed E-state index contributed by atoms with van der Waals surface area (Å²) in [6.07, 6.45) is 4.82. The molecule has 4 nitrogen and oxygen atoms in total. The van der Waals surface area contributed by atoms with Crippen LogP contribution in [0.2, 0.25) is 0 Å². The van der Waals surface area contributed by atoms with E-state index in [1.165, 1.54) is 12.8 Å². The van der Waals surface area contributed by atoms with Gasteiger partial charge in [-0.25, -0.2) is 0 Å². The Morgan fingerprint density at radius 3 is 2.38 bits per heavy atom. The van der Waals surface area contributed by atoms with Crippen LogP contribution in [-0.2, 0) is 9.53 Å². The van der Waals surface area contributed by atoms with Gasteiger partial charge in [-0.05, 0) is 26.9 Å². The SMILES string of the molecule is COCC(=O)N(CCN(C)C)C1CCCC1. The summed E-state index contributed by atoms with van der Waals surface area (Å²) >= 11 is 0. The number of carbonyl (C=O) groups is 1. The van der Waals surface area contributed by atoms with E-state index in [0.29, 0.717) is 6.04 Å². The Morgan fingerprint density at radius 1 is 1.25 bits per heavy atom. The molecule has 1 amide bonds. The summed E-state index contributed by atoms with van der Waals surface area (Å²) in [6.45, 7) is 1.95. The maximum Gasteiger partial charge on any atom is 0.248 e. The van der Waals surface area contributed by atoms with Gasteiger partial charge in [0.05, 0.1) is 0 Å². The zero-order chi connectivity index (χ0) is 12.0. The van der Waals surface area contributed by atoms with E-state index in [1.807, 2.05) is 19.0 Å². The first-order chi connectivity index (χ1) is 7.65. The number of rotatable bonds is 6. The Bertz CT molecular complexity index is 213. The Kier molecular flexibility index (Phi) is 5.77. The van der Waals surface area contributed by atoms with Gasteiger partial charge in [0.25, 0.3) is 0 Å². The van der Waals surface area contributed by atoms with Crippen molar-refractivity contribution in [2.24, 2.45) is 0 Å². The zero-order valence-electron chi connectivity index (χ0n) is 10.7. The summed E-state index contributed by atoms with van der Waals surface area (Å²) in [6, 6.07) is 0.447. The van der Waals surface area contributed by atoms with Crippen LogP contribution in [-0.4, -0.2) is 62.7 Å². The molecule has 94 valence electrons. The van der Waals surface area contributed by atoms with Crippen molar-refractivity contribution in [3.05, 3.63) is 0 Å². The molecule has 0 atom stereocenters. The quantitative estimate of drug-likeness (QED) is 0.679. The predicted octanol–water partition coefficient (Wildman–Crippen LogP) is 0.966. The van der Waals surface area contributed by atoms with Crippen LogP contribution in [0.25, 0.3) is 0 Å². The van der Waals surface area contributed by atoms with E-state index < -0.39 is 0 Å². The standard InChI is InChI=1S/C12H24N2O2/c1-13(2)8-9-14(12(15)10-16-3)11-6-4-5-7-11/h11H,4-10H2,1-3H3. The van der Waals surface area contributed by atoms with Gasteiger partial charge in [-0.15, -0.1) is 0 Å². The average Bonchev–Trinajstić information content (AvgIpc) is 2.71. The maximum atomic E-state index is 11.9. The molecular formula is C12H24N2O2. The molecule has 1 fully saturated rings. The lowest BCUT2D eigenvalue weighted by molar-refractivity contribution is -0.137. The molecule has 0 N–H and O–H groups in total. The summed E-state index contributed by atoms with van der Waals surface area (Å²) < 4.78 is 4.95. The van der Waals surface area contributed by atoms with Gasteiger partial charge in [-0.3, -0.25) is 4.79 Å². The molecule has 0 aliphatic heterocycles. The van der Waals surface area contributed by atoms with E-state index >= 15 is 0 Å². The summed E-state index contributed by atoms with van der Waals surface area (Å²) in [5.74, 6) is 0.135. The van der Waals surface area contributed by atoms with Crippen LogP contribution in [0.1, 0.15) is 25.7 Å². The van der Waals surface area contributed by atoms with Gasteiger partial charge in [0, 0.05) is 26.2 Å². The summed E-state index contributed by atoms with van der Waals surface area (Å²) in [5.41, 5.74) is 0. The smallest absolute Gasteiger partial charge is 0.248 e. The van der Waals surface area contributed by atoms with Crippen LogP contribution in [0.3, 0.4) is 0 Å². The number of nitrogens with zero attached hydrogens (tertiary/aromatic N) is 2. The minimum Gasteiger partial charge on any atom is -0.375 e. The van der Waals surface area contributed by atoms with Gasteiger partial charge in [0.15, 0.2) is 0 Å². The van der Waals surface area contributed by atoms with Crippen molar-refractivity contribution in [3.8, 4) is 0 Å². The number of carbonyl (C=O) groups excluding carboxylic acids is 1. The Hall–Kier alpha value is -0.610. The van der Waals surface area contributed by atoms with Gasteiger partial charge in [-0.2, -0.15) is 0 Å². The largest absolute Gasteiger partial charge is 0.375 e. The average molecular weight is 228 g/mol. The van der Waals surface area contributed by atoms with Gasteiger partial charge < -0.3 is 14.5 Å². The third kappa shape index (κ3) is 4.10. The maximum absolute atomic E-state index is 11.9. The Morgan fingerprint density at radius 2 is 1.88 bits per heavy atom. The molecule has 0 saturated heterocycles. The lowest BCUT2D eigenvalue weighted by Crippen LogP contribution is -2.44. The van der Waals surface area contributed by atoms with E-state index in [9.17, 15) is 4.79 Å². The van der Waals surface area contributed by atoms with Gasteiger partial charge in [-0.1, -0.05) is 12.8 Å². The lowest BCUT2D eigenvalue weighted by Gasteiger charge is -2.30. The summed E-state index contributed by atoms with van der Waals surface area (Å²) in [5, 5.41) is 0. The van der Waals surface area contributed by atoms with Crippen LogP contribution < -0.4 is 0 Å². The van der Waals surface area contributed by atoms with Crippen molar-refractivity contribution in [2.75, 3.05) is 40.9 Å². The molecule has 0 radical (unpaired) electrons. The summed E-state index contributed by atoms with van der Waals surface area (Å²) in [7, 11) is 5.65. The highest BCUT2D eigenvalue weighted by Gasteiger charge is 2.26. The first-order valence-corrected chi connectivity index (χ1v) is 6.08. The van der Waals surface area contributed by atoms with Gasteiger partial charge >= 0.3 is 0 Å². The molecule has 0 heterocycles. The number of methoxy groups -OCH3 is 1. The van der Waals surface area contributed by atoms with Crippen molar-refractivity contribution in [2.45, 2.75) is 31.7 Å². The van der Waals surface area contributed by atoms with Crippen LogP contribution in [0.5, 0.6) is 0 Å². The van der Waals surface area contributed by atoms with Gasteiger partial charge in [0.1, 0.15) is 6.61 Å². The number of likely N-dealkylation sites (N-methyl/N-ethyl adjacent to an activating group) is 1. The first kappa shape index (κ1) is 13.5. The van der Waals surface area contributed by atoms with Crippen LogP contribution in [0, 0.1) is 0 Å². The third-order valence-electron chi connectivity index (χ3n) is 3.14. The molecule has 0 bridgehead atoms. The first-order valence-electron chi connectivity index (χ1n) is 6.08. The van der Waals surface area contributed by atoms with Crippen molar-refractivity contribution in [3.63, 3.8) is 0 Å². The lowest BCUT2D eigenvalue weighted by atomic mass is 10.2. The molecular weight excluding hydrogens is 204 g/mol. The molecule has 1 saturated carbocycles. The minimum atomic E-state index is 0.135. The number of hydrogen-bond acceptors (Lipinski definition) is 3. The molecule has 0 spiro atoms. The fraction of sp³-hybridized carbons (Fsp3) is 0.917. The third-order valence-corrected chi connectivity index (χ3v) is 3.14. The minimum absolute atomic E-state index is 0.135. The zero-order valence-corrected chi connectivity index (χ0v) is 10.7. The van der Waals surface area contributed by atoms with E-state index in [-0.39, 0.29) is 12.5 Å². The monoisotopic (exact) mass is 228 g/mol. The fourth-order valence-electron chi connectivity index (χ4n) is 2.24. The molecule has 1 rings (SSSR count). The topological polar surface area (TPSA) is 32.8 Å². The number of hydrogen-bond donors (Lipinski definition) is 0. The Labute approximate surface area is 98.5 Å². The van der Waals surface area contributed by atoms with Gasteiger partial charge in [0.2, 0.25) is 5.91 Å². The van der Waals surface area contributed by atoms with Crippen molar-refractivity contribution in [1.82, 2.24) is 9.80 Å². The Balaban J connectivity index is 2.49. The second kappa shape index (κ2) is 6.86. The number of amides is 1. The van der Waals surface area contributed by atoms with E-state index in [2.05, 4.69) is 4.90 Å². The van der Waals surface area contributed by atoms with Crippen LogP contribution in [0.4, 0.5) is 0 Å². The van der Waals surface area contributed by atoms with E-state index in [0.717, 1.165) is 25.9 Å². The molecule has 0 unspecified atom stereocenters. The molecule has 1 aliphatic carbocycles. The highest BCUT2D eigenvalue weighted by atomic mass is 16.5. The van der Waals surface area contributed by atoms with Crippen molar-refractivity contribution in [1.29, 1.82) is 0 Å². The van der Waals surface area contributed by atoms with Crippen molar-refractivity contribution < 1.29 is 9.53 Å². The van der Waals surface area contributed by atoms with Crippen LogP contribution >= 0.6 is 0 Å².